The maximum Gasteiger partial charge on any atom is 0.187 e. The summed E-state index contributed by atoms with van der Waals surface area (Å²) in [7, 11) is 1.43. The molecule has 0 radical (unpaired) electrons. The maximum atomic E-state index is 10.9. The van der Waals surface area contributed by atoms with E-state index in [-0.39, 0.29) is 31.1 Å². The van der Waals surface area contributed by atoms with Crippen LogP contribution in [0.4, 0.5) is 0 Å². The normalized spacial score (nSPS) is 55.4. The Balaban J connectivity index is 1.31. The van der Waals surface area contributed by atoms with Crippen LogP contribution in [0.15, 0.2) is 0 Å². The van der Waals surface area contributed by atoms with Crippen LogP contribution in [-0.4, -0.2) is 180 Å². The molecule has 11 N–H and O–H groups in total. The zero-order valence-electron chi connectivity index (χ0n) is 24.8. The van der Waals surface area contributed by atoms with Crippen molar-refractivity contribution < 1.29 is 79.5 Å². The summed E-state index contributed by atoms with van der Waals surface area (Å²) in [6, 6.07) is 0. The van der Waals surface area contributed by atoms with Crippen LogP contribution >= 0.6 is 0 Å². The summed E-state index contributed by atoms with van der Waals surface area (Å²) in [4.78, 5) is 0. The molecule has 3 heterocycles. The first-order chi connectivity index (χ1) is 20.8. The van der Waals surface area contributed by atoms with Crippen molar-refractivity contribution in [3.63, 3.8) is 0 Å². The number of rotatable bonds is 7. The lowest BCUT2D eigenvalue weighted by molar-refractivity contribution is -0.363. The highest BCUT2D eigenvalue weighted by Gasteiger charge is 2.56. The number of hydrogen-bond acceptors (Lipinski definition) is 15. The molecule has 5 fully saturated rings. The van der Waals surface area contributed by atoms with Gasteiger partial charge in [-0.05, 0) is 26.2 Å². The van der Waals surface area contributed by atoms with E-state index in [0.29, 0.717) is 12.8 Å². The highest BCUT2D eigenvalue weighted by atomic mass is 16.7. The van der Waals surface area contributed by atoms with Crippen molar-refractivity contribution in [1.82, 2.24) is 0 Å². The zero-order chi connectivity index (χ0) is 32.0. The van der Waals surface area contributed by atoms with Gasteiger partial charge >= 0.3 is 0 Å². The van der Waals surface area contributed by atoms with Crippen LogP contribution in [0.25, 0.3) is 0 Å². The number of aliphatic hydroxyl groups is 12. The lowest BCUT2D eigenvalue weighted by Crippen LogP contribution is -2.64. The molecule has 0 amide bonds. The molecule has 0 aromatic rings. The molecular weight excluding hydrogens is 592 g/mol. The van der Waals surface area contributed by atoms with Gasteiger partial charge in [0.25, 0.3) is 0 Å². The van der Waals surface area contributed by atoms with Gasteiger partial charge in [-0.1, -0.05) is 0 Å². The van der Waals surface area contributed by atoms with Crippen molar-refractivity contribution in [3.8, 4) is 0 Å². The van der Waals surface area contributed by atoms with Crippen molar-refractivity contribution >= 4 is 0 Å². The summed E-state index contributed by atoms with van der Waals surface area (Å²) in [5.41, 5.74) is 0. The summed E-state index contributed by atoms with van der Waals surface area (Å²) in [5, 5.41) is 105. The summed E-state index contributed by atoms with van der Waals surface area (Å²) in [6.07, 6.45) is -19.6. The average molecular weight is 642 g/mol. The molecule has 5 aliphatic rings. The van der Waals surface area contributed by atoms with Gasteiger partial charge in [-0.25, -0.2) is 0 Å². The fraction of sp³-hybridized carbons (Fsp3) is 1.00. The van der Waals surface area contributed by atoms with Crippen molar-refractivity contribution in [2.75, 3.05) is 13.7 Å². The minimum absolute atomic E-state index is 0.167. The first kappa shape index (κ1) is 34.7. The molecule has 0 bridgehead atoms. The van der Waals surface area contributed by atoms with E-state index in [9.17, 15) is 51.1 Å². The molecule has 44 heavy (non-hydrogen) atoms. The van der Waals surface area contributed by atoms with Gasteiger partial charge < -0.3 is 79.5 Å². The number of hydrogen-bond donors (Lipinski definition) is 10. The monoisotopic (exact) mass is 641 g/mol. The minimum atomic E-state index is -1.72. The fourth-order valence-corrected chi connectivity index (χ4v) is 7.46. The predicted octanol–water partition coefficient (Wildman–Crippen LogP) is -5.03. The zero-order valence-corrected chi connectivity index (χ0v) is 24.8. The fourth-order valence-electron chi connectivity index (χ4n) is 7.46. The Labute approximate surface area is 254 Å². The van der Waals surface area contributed by atoms with E-state index < -0.39 is 117 Å². The van der Waals surface area contributed by atoms with Crippen LogP contribution in [0.5, 0.6) is 0 Å². The van der Waals surface area contributed by atoms with E-state index in [2.05, 4.69) is 0 Å². The summed E-state index contributed by atoms with van der Waals surface area (Å²) in [5.74, 6) is -0.717. The van der Waals surface area contributed by atoms with Gasteiger partial charge in [-0.3, -0.25) is 0 Å². The lowest BCUT2D eigenvalue weighted by Gasteiger charge is -2.49. The Morgan fingerprint density at radius 3 is 2.05 bits per heavy atom. The average Bonchev–Trinajstić information content (AvgIpc) is 2.99. The summed E-state index contributed by atoms with van der Waals surface area (Å²) in [6.45, 7) is 1.02. The number of ether oxygens (including phenoxy) is 6. The van der Waals surface area contributed by atoms with Gasteiger partial charge in [0.2, 0.25) is 0 Å². The molecule has 16 nitrogen and oxygen atoms in total. The van der Waals surface area contributed by atoms with E-state index in [1.54, 1.807) is 0 Å². The second-order valence-corrected chi connectivity index (χ2v) is 13.1. The first-order valence-electron chi connectivity index (χ1n) is 15.4. The second kappa shape index (κ2) is 14.2. The van der Waals surface area contributed by atoms with E-state index >= 15 is 0 Å². The van der Waals surface area contributed by atoms with E-state index in [4.69, 9.17) is 28.4 Å². The topological polar surface area (TPSA) is 261 Å². The Morgan fingerprint density at radius 1 is 0.659 bits per heavy atom. The Hall–Kier alpha value is -0.640. The molecule has 2 aliphatic carbocycles. The van der Waals surface area contributed by atoms with Crippen molar-refractivity contribution in [2.45, 2.75) is 149 Å². The van der Waals surface area contributed by atoms with Gasteiger partial charge in [-0.2, -0.15) is 0 Å². The Morgan fingerprint density at radius 2 is 1.34 bits per heavy atom. The molecule has 256 valence electrons. The van der Waals surface area contributed by atoms with E-state index in [1.165, 1.54) is 14.0 Å². The molecule has 2 saturated carbocycles. The SMILES string of the molecule is COC1CC(C2[OH+]C3CC(O)CC(O)C3CC2OC2OC(COC3OC(C)C(O)C(O)C3O)C(O)C(O)C2O)CC(O)C1O. The lowest BCUT2D eigenvalue weighted by atomic mass is 9.72. The van der Waals surface area contributed by atoms with Gasteiger partial charge in [0.15, 0.2) is 24.8 Å². The summed E-state index contributed by atoms with van der Waals surface area (Å²) >= 11 is 0. The number of fused-ring (bicyclic) bond motifs is 1. The Bertz CT molecular complexity index is 930. The second-order valence-electron chi connectivity index (χ2n) is 13.1. The van der Waals surface area contributed by atoms with Gasteiger partial charge in [-0.15, -0.1) is 0 Å². The molecule has 20 atom stereocenters. The largest absolute Gasteiger partial charge is 0.427 e. The predicted molar refractivity (Wildman–Crippen MR) is 145 cm³/mol. The quantitative estimate of drug-likeness (QED) is 0.117. The standard InChI is InChI=1S/C28H48O16/c1-9-19(32)22(35)24(37)27(41-9)40-8-18-21(34)23(36)25(38)28(44-18)43-17-7-12-13(30)5-11(29)6-15(12)42-26(17)10-3-14(31)20(33)16(4-10)39-2/h9-38H,3-8H2,1-2H3/p+1. The van der Waals surface area contributed by atoms with Crippen LogP contribution in [0, 0.1) is 11.8 Å². The third kappa shape index (κ3) is 6.96. The van der Waals surface area contributed by atoms with Crippen molar-refractivity contribution in [3.05, 3.63) is 0 Å². The van der Waals surface area contributed by atoms with Crippen LogP contribution < -0.4 is 0 Å². The molecule has 0 spiro atoms. The molecular formula is C28H49O16+. The maximum absolute atomic E-state index is 10.9. The van der Waals surface area contributed by atoms with Crippen LogP contribution in [-0.2, 0) is 23.7 Å². The molecule has 3 saturated heterocycles. The molecule has 0 aromatic carbocycles. The van der Waals surface area contributed by atoms with Gasteiger partial charge in [0.1, 0.15) is 54.9 Å². The Kier molecular flexibility index (Phi) is 11.2. The molecule has 20 unspecified atom stereocenters. The highest BCUT2D eigenvalue weighted by molar-refractivity contribution is 5.00. The smallest absolute Gasteiger partial charge is 0.187 e. The minimum Gasteiger partial charge on any atom is -0.427 e. The molecule has 0 aromatic heterocycles. The third-order valence-electron chi connectivity index (χ3n) is 10.1. The van der Waals surface area contributed by atoms with Crippen LogP contribution in [0.2, 0.25) is 0 Å². The summed E-state index contributed by atoms with van der Waals surface area (Å²) < 4.78 is 33.5. The van der Waals surface area contributed by atoms with E-state index in [1.807, 2.05) is 0 Å². The van der Waals surface area contributed by atoms with E-state index in [0.717, 1.165) is 0 Å². The molecule has 5 rings (SSSR count). The van der Waals surface area contributed by atoms with Crippen LogP contribution in [0.3, 0.4) is 0 Å². The number of methoxy groups -OCH3 is 1. The van der Waals surface area contributed by atoms with Crippen molar-refractivity contribution in [2.24, 2.45) is 11.8 Å². The first-order valence-corrected chi connectivity index (χ1v) is 15.4. The van der Waals surface area contributed by atoms with Gasteiger partial charge in [0.05, 0.1) is 43.0 Å². The van der Waals surface area contributed by atoms with Crippen LogP contribution in [0.1, 0.15) is 39.0 Å². The molecule has 16 heteroatoms. The highest BCUT2D eigenvalue weighted by Crippen LogP contribution is 2.42. The number of aliphatic hydroxyl groups excluding tert-OH is 10. The third-order valence-corrected chi connectivity index (χ3v) is 10.1. The van der Waals surface area contributed by atoms with Crippen molar-refractivity contribution in [1.29, 1.82) is 0 Å². The van der Waals surface area contributed by atoms with Gasteiger partial charge in [0, 0.05) is 25.9 Å². The molecule has 3 aliphatic heterocycles.